The van der Waals surface area contributed by atoms with Gasteiger partial charge in [-0.15, -0.1) is 0 Å². The van der Waals surface area contributed by atoms with E-state index >= 15 is 0 Å². The van der Waals surface area contributed by atoms with Crippen LogP contribution in [0.4, 0.5) is 4.79 Å². The molecule has 0 spiro atoms. The first-order valence-electron chi connectivity index (χ1n) is 17.2. The summed E-state index contributed by atoms with van der Waals surface area (Å²) in [4.78, 5) is 95.3. The molecule has 7 atom stereocenters. The molecule has 4 rings (SSSR count). The van der Waals surface area contributed by atoms with Gasteiger partial charge in [0.15, 0.2) is 0 Å². The highest BCUT2D eigenvalue weighted by molar-refractivity contribution is 6.40. The number of amides is 7. The maximum absolute atomic E-state index is 14.4. The average molecular weight is 673 g/mol. The summed E-state index contributed by atoms with van der Waals surface area (Å²) >= 11 is 0. The minimum atomic E-state index is -1.36. The molecular formula is C35H56N6O7. The van der Waals surface area contributed by atoms with E-state index in [4.69, 9.17) is 5.73 Å². The number of hydrogen-bond donors (Lipinski definition) is 4. The molecule has 13 heteroatoms. The Hall–Kier alpha value is -3.51. The second-order valence-electron chi connectivity index (χ2n) is 18.1. The van der Waals surface area contributed by atoms with Crippen LogP contribution in [0.25, 0.3) is 0 Å². The van der Waals surface area contributed by atoms with Crippen molar-refractivity contribution >= 4 is 41.4 Å². The molecule has 0 bridgehead atoms. The molecule has 2 heterocycles. The largest absolute Gasteiger partial charge is 0.363 e. The van der Waals surface area contributed by atoms with Gasteiger partial charge in [-0.2, -0.15) is 0 Å². The van der Waals surface area contributed by atoms with E-state index < -0.39 is 69.4 Å². The Balaban J connectivity index is 1.54. The van der Waals surface area contributed by atoms with Crippen molar-refractivity contribution in [1.29, 1.82) is 0 Å². The summed E-state index contributed by atoms with van der Waals surface area (Å²) in [6.45, 7) is 21.1. The van der Waals surface area contributed by atoms with Crippen LogP contribution in [0.2, 0.25) is 0 Å². The molecule has 13 nitrogen and oxygen atoms in total. The average Bonchev–Trinajstić information content (AvgIpc) is 3.68. The number of carbonyl (C=O) groups excluding carboxylic acids is 7. The number of carbonyl (C=O) groups is 7. The van der Waals surface area contributed by atoms with Crippen molar-refractivity contribution in [1.82, 2.24) is 25.8 Å². The van der Waals surface area contributed by atoms with Crippen LogP contribution in [0.1, 0.15) is 102 Å². The van der Waals surface area contributed by atoms with Gasteiger partial charge in [-0.3, -0.25) is 33.7 Å². The van der Waals surface area contributed by atoms with Gasteiger partial charge in [-0.25, -0.2) is 4.79 Å². The molecule has 2 saturated heterocycles. The van der Waals surface area contributed by atoms with Crippen molar-refractivity contribution in [2.24, 2.45) is 45.1 Å². The number of nitrogens with zero attached hydrogens (tertiary/aromatic N) is 2. The Morgan fingerprint density at radius 2 is 1.48 bits per heavy atom. The minimum Gasteiger partial charge on any atom is -0.363 e. The first-order valence-corrected chi connectivity index (χ1v) is 17.2. The number of fused-ring (bicyclic) bond motifs is 1. The zero-order valence-electron chi connectivity index (χ0n) is 30.5. The lowest BCUT2D eigenvalue weighted by Gasteiger charge is -2.41. The number of piperidine rings is 2. The second-order valence-corrected chi connectivity index (χ2v) is 18.1. The summed E-state index contributed by atoms with van der Waals surface area (Å²) in [6.07, 6.45) is 1.33. The molecule has 0 aromatic rings. The number of imide groups is 1. The number of primary amides is 1. The van der Waals surface area contributed by atoms with E-state index in [9.17, 15) is 33.6 Å². The van der Waals surface area contributed by atoms with Gasteiger partial charge in [0.25, 0.3) is 5.91 Å². The Bertz CT molecular complexity index is 1390. The summed E-state index contributed by atoms with van der Waals surface area (Å²) in [7, 11) is 0. The predicted octanol–water partition coefficient (Wildman–Crippen LogP) is 2.11. The van der Waals surface area contributed by atoms with Gasteiger partial charge in [-0.1, -0.05) is 82.6 Å². The van der Waals surface area contributed by atoms with Crippen molar-refractivity contribution in [3.05, 3.63) is 0 Å². The van der Waals surface area contributed by atoms with Crippen LogP contribution < -0.4 is 21.7 Å². The summed E-state index contributed by atoms with van der Waals surface area (Å²) in [5.41, 5.74) is 2.02. The summed E-state index contributed by atoms with van der Waals surface area (Å²) < 4.78 is 0. The zero-order valence-corrected chi connectivity index (χ0v) is 30.5. The highest BCUT2D eigenvalue weighted by atomic mass is 16.2. The lowest BCUT2D eigenvalue weighted by molar-refractivity contribution is -0.153. The standard InChI is InChI=1S/C35H56N6O7/c1-12-18-13-35(18,26(44)27(36)45)39-28(46)24-23-19(34(23,10)11)16-41(24)29(47)25(32(5,6)7)38-30(48)37-20(31(2,3)4)17-40-21(42)14-33(8,9)15-22(40)43/h18-20,23-25H,12-17H2,1-11H3,(H2,36,45)(H,39,46)(H2,37,38,48)/t18-,19?,20-,23?,24+,25-,35+/m1/s1. The molecule has 0 aromatic heterocycles. The summed E-state index contributed by atoms with van der Waals surface area (Å²) in [6, 6.07) is -3.20. The number of Topliss-reactive ketones (excluding diaryl/α,β-unsaturated/α-hetero) is 1. The Labute approximate surface area is 284 Å². The van der Waals surface area contributed by atoms with Crippen LogP contribution in [0.3, 0.4) is 0 Å². The van der Waals surface area contributed by atoms with E-state index in [1.807, 2.05) is 76.2 Å². The fourth-order valence-electron chi connectivity index (χ4n) is 7.92. The number of nitrogens with two attached hydrogens (primary N) is 1. The SMILES string of the molecule is CC[C@@H]1C[C@@]1(NC(=O)[C@@H]1C2C(CN1C(=O)[C@@H](NC(=O)N[C@H](CN1C(=O)CC(C)(C)CC1=O)C(C)(C)C)C(C)(C)C)C2(C)C)C(=O)C(N)=O. The van der Waals surface area contributed by atoms with Gasteiger partial charge >= 0.3 is 6.03 Å². The first-order chi connectivity index (χ1) is 21.8. The van der Waals surface area contributed by atoms with Gasteiger partial charge in [0.1, 0.15) is 17.6 Å². The number of urea groups is 1. The van der Waals surface area contributed by atoms with E-state index in [0.29, 0.717) is 19.4 Å². The molecule has 2 unspecified atom stereocenters. The van der Waals surface area contributed by atoms with E-state index in [1.54, 1.807) is 0 Å². The topological polar surface area (TPSA) is 188 Å². The Kier molecular flexibility index (Phi) is 9.42. The Morgan fingerprint density at radius 3 is 1.94 bits per heavy atom. The van der Waals surface area contributed by atoms with Crippen molar-refractivity contribution < 1.29 is 33.6 Å². The maximum atomic E-state index is 14.4. The lowest BCUT2D eigenvalue weighted by Crippen LogP contribution is -2.63. The predicted molar refractivity (Wildman–Crippen MR) is 178 cm³/mol. The molecule has 4 aliphatic rings. The Morgan fingerprint density at radius 1 is 0.917 bits per heavy atom. The minimum absolute atomic E-state index is 0.00383. The third kappa shape index (κ3) is 6.96. The van der Waals surface area contributed by atoms with E-state index in [0.717, 1.165) is 0 Å². The molecule has 2 saturated carbocycles. The quantitative estimate of drug-likeness (QED) is 0.202. The van der Waals surface area contributed by atoms with Crippen LogP contribution in [0.5, 0.6) is 0 Å². The van der Waals surface area contributed by atoms with E-state index in [2.05, 4.69) is 16.0 Å². The third-order valence-electron chi connectivity index (χ3n) is 11.3. The molecule has 2 aliphatic heterocycles. The smallest absolute Gasteiger partial charge is 0.315 e. The van der Waals surface area contributed by atoms with Gasteiger partial charge in [-0.05, 0) is 45.8 Å². The monoisotopic (exact) mass is 672 g/mol. The molecule has 7 amide bonds. The molecule has 4 fully saturated rings. The fourth-order valence-corrected chi connectivity index (χ4v) is 7.92. The molecule has 268 valence electrons. The van der Waals surface area contributed by atoms with Gasteiger partial charge in [0, 0.05) is 25.9 Å². The second kappa shape index (κ2) is 12.1. The van der Waals surface area contributed by atoms with Crippen molar-refractivity contribution in [3.8, 4) is 0 Å². The van der Waals surface area contributed by atoms with Crippen molar-refractivity contribution in [2.75, 3.05) is 13.1 Å². The van der Waals surface area contributed by atoms with E-state index in [-0.39, 0.29) is 54.4 Å². The maximum Gasteiger partial charge on any atom is 0.315 e. The number of rotatable bonds is 10. The number of ketones is 1. The number of hydrogen-bond acceptors (Lipinski definition) is 7. The number of nitrogens with one attached hydrogen (secondary N) is 3. The fraction of sp³-hybridized carbons (Fsp3) is 0.800. The third-order valence-corrected chi connectivity index (χ3v) is 11.3. The van der Waals surface area contributed by atoms with Crippen molar-refractivity contribution in [2.45, 2.75) is 126 Å². The summed E-state index contributed by atoms with van der Waals surface area (Å²) in [5, 5.41) is 8.62. The molecule has 5 N–H and O–H groups in total. The molecular weight excluding hydrogens is 616 g/mol. The van der Waals surface area contributed by atoms with Crippen LogP contribution in [-0.2, 0) is 28.8 Å². The molecule has 0 aromatic carbocycles. The number of likely N-dealkylation sites (tertiary alicyclic amines) is 2. The van der Waals surface area contributed by atoms with Gasteiger partial charge in [0.05, 0.1) is 6.04 Å². The normalized spacial score (nSPS) is 30.1. The molecule has 48 heavy (non-hydrogen) atoms. The van der Waals surface area contributed by atoms with E-state index in [1.165, 1.54) is 9.80 Å². The van der Waals surface area contributed by atoms with Crippen LogP contribution in [0.15, 0.2) is 0 Å². The van der Waals surface area contributed by atoms with Crippen LogP contribution >= 0.6 is 0 Å². The first kappa shape index (κ1) is 37.3. The highest BCUT2D eigenvalue weighted by Crippen LogP contribution is 2.65. The van der Waals surface area contributed by atoms with Crippen LogP contribution in [-0.4, -0.2) is 87.9 Å². The molecule has 2 aliphatic carbocycles. The molecule has 0 radical (unpaired) electrons. The highest BCUT2D eigenvalue weighted by Gasteiger charge is 2.71. The van der Waals surface area contributed by atoms with Crippen LogP contribution in [0, 0.1) is 39.4 Å². The van der Waals surface area contributed by atoms with Crippen molar-refractivity contribution in [3.63, 3.8) is 0 Å². The van der Waals surface area contributed by atoms with Gasteiger partial charge < -0.3 is 26.6 Å². The van der Waals surface area contributed by atoms with Gasteiger partial charge in [0.2, 0.25) is 29.4 Å². The zero-order chi connectivity index (χ0) is 36.5. The lowest BCUT2D eigenvalue weighted by atomic mass is 9.80. The summed E-state index contributed by atoms with van der Waals surface area (Å²) in [5.74, 6) is -3.79.